The number of hydrogen-bond donors (Lipinski definition) is 1. The lowest BCUT2D eigenvalue weighted by Gasteiger charge is -2.29. The fourth-order valence-electron chi connectivity index (χ4n) is 3.72. The van der Waals surface area contributed by atoms with Crippen LogP contribution in [-0.2, 0) is 17.3 Å². The van der Waals surface area contributed by atoms with Crippen molar-refractivity contribution in [3.05, 3.63) is 29.8 Å². The van der Waals surface area contributed by atoms with Crippen molar-refractivity contribution in [3.63, 3.8) is 0 Å². The number of aromatic nitrogens is 3. The Morgan fingerprint density at radius 1 is 1.18 bits per heavy atom. The quantitative estimate of drug-likeness (QED) is 0.747. The minimum absolute atomic E-state index is 0.0860. The molecule has 1 fully saturated rings. The molecule has 0 radical (unpaired) electrons. The standard InChI is InChI=1S/C22H32N4OS/c1-15-8-6-7-9-18(15)23-19(27)14-28-21-25-24-20(26(21)5)16-10-12-17(13-11-16)22(2,3)4/h10-13,15,18H,6-9,14H2,1-5H3,(H,23,27)/t15-,18-/m0/s1. The van der Waals surface area contributed by atoms with Gasteiger partial charge in [-0.2, -0.15) is 0 Å². The van der Waals surface area contributed by atoms with Crippen LogP contribution >= 0.6 is 11.8 Å². The molecule has 1 aromatic carbocycles. The fourth-order valence-corrected chi connectivity index (χ4v) is 4.44. The zero-order valence-corrected chi connectivity index (χ0v) is 18.5. The van der Waals surface area contributed by atoms with Crippen molar-refractivity contribution in [2.24, 2.45) is 13.0 Å². The molecule has 0 saturated heterocycles. The summed E-state index contributed by atoms with van der Waals surface area (Å²) in [7, 11) is 1.95. The molecule has 1 heterocycles. The molecule has 1 amide bonds. The molecule has 152 valence electrons. The molecule has 0 unspecified atom stereocenters. The van der Waals surface area contributed by atoms with E-state index in [2.05, 4.69) is 67.5 Å². The van der Waals surface area contributed by atoms with E-state index < -0.39 is 0 Å². The van der Waals surface area contributed by atoms with Crippen LogP contribution in [0.1, 0.15) is 58.9 Å². The zero-order chi connectivity index (χ0) is 20.3. The van der Waals surface area contributed by atoms with Crippen LogP contribution in [-0.4, -0.2) is 32.5 Å². The van der Waals surface area contributed by atoms with Crippen molar-refractivity contribution in [1.82, 2.24) is 20.1 Å². The van der Waals surface area contributed by atoms with Crippen molar-refractivity contribution >= 4 is 17.7 Å². The Morgan fingerprint density at radius 3 is 2.50 bits per heavy atom. The fraction of sp³-hybridized carbons (Fsp3) is 0.591. The van der Waals surface area contributed by atoms with Gasteiger partial charge in [0, 0.05) is 18.7 Å². The molecule has 1 aliphatic rings. The van der Waals surface area contributed by atoms with Crippen molar-refractivity contribution in [2.75, 3.05) is 5.75 Å². The van der Waals surface area contributed by atoms with Gasteiger partial charge in [0.25, 0.3) is 0 Å². The first-order valence-electron chi connectivity index (χ1n) is 10.2. The summed E-state index contributed by atoms with van der Waals surface area (Å²) >= 11 is 1.45. The summed E-state index contributed by atoms with van der Waals surface area (Å²) in [4.78, 5) is 12.4. The van der Waals surface area contributed by atoms with Gasteiger partial charge in [-0.3, -0.25) is 4.79 Å². The van der Waals surface area contributed by atoms with Crippen molar-refractivity contribution in [1.29, 1.82) is 0 Å². The van der Waals surface area contributed by atoms with Gasteiger partial charge < -0.3 is 9.88 Å². The second-order valence-electron chi connectivity index (χ2n) is 8.92. The number of benzene rings is 1. The number of thioether (sulfide) groups is 1. The third-order valence-corrected chi connectivity index (χ3v) is 6.65. The van der Waals surface area contributed by atoms with Crippen LogP contribution in [0.3, 0.4) is 0 Å². The summed E-state index contributed by atoms with van der Waals surface area (Å²) in [6.07, 6.45) is 4.79. The number of carbonyl (C=O) groups excluding carboxylic acids is 1. The molecular formula is C22H32N4OS. The molecule has 1 N–H and O–H groups in total. The molecule has 2 atom stereocenters. The first-order chi connectivity index (χ1) is 13.3. The topological polar surface area (TPSA) is 59.8 Å². The highest BCUT2D eigenvalue weighted by Crippen LogP contribution is 2.27. The normalized spacial score (nSPS) is 20.2. The van der Waals surface area contributed by atoms with Gasteiger partial charge in [-0.1, -0.05) is 76.6 Å². The molecule has 0 aliphatic heterocycles. The van der Waals surface area contributed by atoms with E-state index in [1.54, 1.807) is 0 Å². The van der Waals surface area contributed by atoms with Gasteiger partial charge in [0.2, 0.25) is 5.91 Å². The van der Waals surface area contributed by atoms with Crippen LogP contribution in [0.15, 0.2) is 29.4 Å². The predicted octanol–water partition coefficient (Wildman–Crippen LogP) is 4.57. The Balaban J connectivity index is 1.61. The third-order valence-electron chi connectivity index (χ3n) is 5.63. The summed E-state index contributed by atoms with van der Waals surface area (Å²) in [5.74, 6) is 1.85. The lowest BCUT2D eigenvalue weighted by atomic mass is 9.86. The Labute approximate surface area is 172 Å². The van der Waals surface area contributed by atoms with Crippen molar-refractivity contribution in [2.45, 2.75) is 70.0 Å². The Bertz CT molecular complexity index is 807. The Kier molecular flexibility index (Phi) is 6.48. The van der Waals surface area contributed by atoms with Crippen LogP contribution in [0.4, 0.5) is 0 Å². The van der Waals surface area contributed by atoms with Gasteiger partial charge in [0.05, 0.1) is 5.75 Å². The van der Waals surface area contributed by atoms with E-state index in [0.717, 1.165) is 23.0 Å². The first kappa shape index (κ1) is 20.9. The molecule has 0 bridgehead atoms. The van der Waals surface area contributed by atoms with Gasteiger partial charge in [0.1, 0.15) is 0 Å². The molecule has 3 rings (SSSR count). The molecule has 1 saturated carbocycles. The van der Waals surface area contributed by atoms with Gasteiger partial charge >= 0.3 is 0 Å². The molecule has 1 aromatic heterocycles. The van der Waals surface area contributed by atoms with Crippen LogP contribution in [0.2, 0.25) is 0 Å². The Morgan fingerprint density at radius 2 is 1.86 bits per heavy atom. The number of amides is 1. The Hall–Kier alpha value is -1.82. The number of rotatable bonds is 5. The molecule has 5 nitrogen and oxygen atoms in total. The van der Waals surface area contributed by atoms with Gasteiger partial charge in [0.15, 0.2) is 11.0 Å². The first-order valence-corrected chi connectivity index (χ1v) is 11.2. The van der Waals surface area contributed by atoms with Gasteiger partial charge in [-0.25, -0.2) is 0 Å². The minimum atomic E-state index is 0.0860. The molecule has 2 aromatic rings. The predicted molar refractivity (Wildman–Crippen MR) is 115 cm³/mol. The highest BCUT2D eigenvalue weighted by molar-refractivity contribution is 7.99. The van der Waals surface area contributed by atoms with Crippen molar-refractivity contribution < 1.29 is 4.79 Å². The summed E-state index contributed by atoms with van der Waals surface area (Å²) in [6, 6.07) is 8.80. The number of nitrogens with one attached hydrogen (secondary N) is 1. The van der Waals surface area contributed by atoms with E-state index in [-0.39, 0.29) is 11.3 Å². The van der Waals surface area contributed by atoms with E-state index in [9.17, 15) is 4.79 Å². The maximum atomic E-state index is 12.4. The van der Waals surface area contributed by atoms with E-state index >= 15 is 0 Å². The zero-order valence-electron chi connectivity index (χ0n) is 17.7. The van der Waals surface area contributed by atoms with E-state index in [4.69, 9.17) is 0 Å². The number of carbonyl (C=O) groups is 1. The molecule has 28 heavy (non-hydrogen) atoms. The largest absolute Gasteiger partial charge is 0.352 e. The van der Waals surface area contributed by atoms with E-state index in [1.807, 2.05) is 11.6 Å². The highest BCUT2D eigenvalue weighted by Gasteiger charge is 2.23. The van der Waals surface area contributed by atoms with Gasteiger partial charge in [-0.05, 0) is 29.7 Å². The van der Waals surface area contributed by atoms with Crippen LogP contribution in [0, 0.1) is 5.92 Å². The van der Waals surface area contributed by atoms with E-state index in [1.165, 1.54) is 36.6 Å². The molecule has 0 spiro atoms. The second-order valence-corrected chi connectivity index (χ2v) is 9.86. The van der Waals surface area contributed by atoms with Crippen LogP contribution < -0.4 is 5.32 Å². The number of hydrogen-bond acceptors (Lipinski definition) is 4. The number of nitrogens with zero attached hydrogens (tertiary/aromatic N) is 3. The lowest BCUT2D eigenvalue weighted by molar-refractivity contribution is -0.119. The average Bonchev–Trinajstić information content (AvgIpc) is 3.02. The summed E-state index contributed by atoms with van der Waals surface area (Å²) in [5.41, 5.74) is 2.46. The lowest BCUT2D eigenvalue weighted by Crippen LogP contribution is -2.41. The van der Waals surface area contributed by atoms with Gasteiger partial charge in [-0.15, -0.1) is 10.2 Å². The second kappa shape index (κ2) is 8.68. The van der Waals surface area contributed by atoms with Crippen molar-refractivity contribution in [3.8, 4) is 11.4 Å². The van der Waals surface area contributed by atoms with Crippen LogP contribution in [0.5, 0.6) is 0 Å². The molecule has 6 heteroatoms. The summed E-state index contributed by atoms with van der Waals surface area (Å²) in [5, 5.41) is 12.6. The summed E-state index contributed by atoms with van der Waals surface area (Å²) in [6.45, 7) is 8.85. The SMILES string of the molecule is C[C@H]1CCCC[C@@H]1NC(=O)CSc1nnc(-c2ccc(C(C)(C)C)cc2)n1C. The average molecular weight is 401 g/mol. The molecular weight excluding hydrogens is 368 g/mol. The minimum Gasteiger partial charge on any atom is -0.352 e. The maximum absolute atomic E-state index is 12.4. The molecule has 1 aliphatic carbocycles. The summed E-state index contributed by atoms with van der Waals surface area (Å²) < 4.78 is 1.97. The third kappa shape index (κ3) is 4.96. The van der Waals surface area contributed by atoms with E-state index in [0.29, 0.717) is 17.7 Å². The smallest absolute Gasteiger partial charge is 0.230 e. The maximum Gasteiger partial charge on any atom is 0.230 e. The highest BCUT2D eigenvalue weighted by atomic mass is 32.2. The monoisotopic (exact) mass is 400 g/mol. The van der Waals surface area contributed by atoms with Crippen LogP contribution in [0.25, 0.3) is 11.4 Å².